The van der Waals surface area contributed by atoms with Crippen LogP contribution in [0.15, 0.2) is 24.5 Å². The van der Waals surface area contributed by atoms with Crippen molar-refractivity contribution in [1.29, 1.82) is 0 Å². The summed E-state index contributed by atoms with van der Waals surface area (Å²) >= 11 is 0. The van der Waals surface area contributed by atoms with Crippen molar-refractivity contribution in [3.8, 4) is 5.75 Å². The number of hydrogen-bond acceptors (Lipinski definition) is 3. The standard InChI is InChI=1S/C15H21N3O/c1-11(2)17-8-4-3-6-12(17)15-16-10-13-14(19)7-5-9-18(13)15/h5,7,9-12,19H,3-4,6,8H2,1-2H3. The summed E-state index contributed by atoms with van der Waals surface area (Å²) in [6.45, 7) is 5.62. The first-order valence-electron chi connectivity index (χ1n) is 7.09. The minimum atomic E-state index is 0.299. The molecule has 4 heteroatoms. The average Bonchev–Trinajstić information content (AvgIpc) is 2.84. The number of fused-ring (bicyclic) bond motifs is 1. The molecule has 0 aliphatic carbocycles. The molecule has 1 saturated heterocycles. The summed E-state index contributed by atoms with van der Waals surface area (Å²) in [6.07, 6.45) is 7.43. The highest BCUT2D eigenvalue weighted by atomic mass is 16.3. The number of hydrogen-bond donors (Lipinski definition) is 1. The van der Waals surface area contributed by atoms with Crippen LogP contribution in [0.2, 0.25) is 0 Å². The molecule has 4 nitrogen and oxygen atoms in total. The molecule has 1 N–H and O–H groups in total. The Morgan fingerprint density at radius 2 is 2.21 bits per heavy atom. The summed E-state index contributed by atoms with van der Waals surface area (Å²) in [5.74, 6) is 1.35. The van der Waals surface area contributed by atoms with E-state index >= 15 is 0 Å². The van der Waals surface area contributed by atoms with Gasteiger partial charge in [0.2, 0.25) is 0 Å². The summed E-state index contributed by atoms with van der Waals surface area (Å²) in [4.78, 5) is 7.09. The Morgan fingerprint density at radius 3 is 3.00 bits per heavy atom. The molecular weight excluding hydrogens is 238 g/mol. The first-order valence-corrected chi connectivity index (χ1v) is 7.09. The zero-order valence-electron chi connectivity index (χ0n) is 11.6. The van der Waals surface area contributed by atoms with Gasteiger partial charge < -0.3 is 5.11 Å². The molecule has 19 heavy (non-hydrogen) atoms. The summed E-state index contributed by atoms with van der Waals surface area (Å²) in [5.41, 5.74) is 0.798. The van der Waals surface area contributed by atoms with Crippen molar-refractivity contribution in [3.63, 3.8) is 0 Å². The van der Waals surface area contributed by atoms with Gasteiger partial charge in [-0.05, 0) is 45.4 Å². The van der Waals surface area contributed by atoms with Crippen molar-refractivity contribution < 1.29 is 5.11 Å². The second-order valence-electron chi connectivity index (χ2n) is 5.61. The van der Waals surface area contributed by atoms with E-state index in [4.69, 9.17) is 0 Å². The van der Waals surface area contributed by atoms with Gasteiger partial charge in [-0.1, -0.05) is 6.42 Å². The number of imidazole rings is 1. The van der Waals surface area contributed by atoms with Crippen LogP contribution in [-0.2, 0) is 0 Å². The summed E-state index contributed by atoms with van der Waals surface area (Å²) in [7, 11) is 0. The number of pyridine rings is 1. The minimum Gasteiger partial charge on any atom is -0.506 e. The maximum Gasteiger partial charge on any atom is 0.141 e. The number of aromatic nitrogens is 2. The van der Waals surface area contributed by atoms with E-state index in [-0.39, 0.29) is 0 Å². The topological polar surface area (TPSA) is 40.8 Å². The molecular formula is C15H21N3O. The highest BCUT2D eigenvalue weighted by molar-refractivity contribution is 5.58. The van der Waals surface area contributed by atoms with Crippen LogP contribution < -0.4 is 0 Å². The van der Waals surface area contributed by atoms with Gasteiger partial charge in [-0.2, -0.15) is 0 Å². The van der Waals surface area contributed by atoms with E-state index < -0.39 is 0 Å². The molecule has 0 radical (unpaired) electrons. The van der Waals surface area contributed by atoms with Gasteiger partial charge in [-0.3, -0.25) is 9.30 Å². The fourth-order valence-corrected chi connectivity index (χ4v) is 3.12. The molecule has 0 spiro atoms. The Morgan fingerprint density at radius 1 is 1.37 bits per heavy atom. The number of piperidine rings is 1. The van der Waals surface area contributed by atoms with Gasteiger partial charge in [0.25, 0.3) is 0 Å². The highest BCUT2D eigenvalue weighted by Crippen LogP contribution is 2.33. The maximum absolute atomic E-state index is 9.88. The van der Waals surface area contributed by atoms with Crippen LogP contribution >= 0.6 is 0 Å². The Kier molecular flexibility index (Phi) is 3.19. The van der Waals surface area contributed by atoms with Gasteiger partial charge in [0.15, 0.2) is 0 Å². The summed E-state index contributed by atoms with van der Waals surface area (Å²) in [6, 6.07) is 4.46. The fourth-order valence-electron chi connectivity index (χ4n) is 3.12. The maximum atomic E-state index is 9.88. The number of nitrogens with zero attached hydrogens (tertiary/aromatic N) is 3. The van der Waals surface area contributed by atoms with E-state index in [2.05, 4.69) is 23.7 Å². The van der Waals surface area contributed by atoms with E-state index in [0.717, 1.165) is 24.3 Å². The largest absolute Gasteiger partial charge is 0.506 e. The summed E-state index contributed by atoms with van der Waals surface area (Å²) < 4.78 is 2.03. The average molecular weight is 259 g/mol. The third kappa shape index (κ3) is 2.10. The lowest BCUT2D eigenvalue weighted by Gasteiger charge is -2.37. The molecule has 3 rings (SSSR count). The Hall–Kier alpha value is -1.55. The third-order valence-electron chi connectivity index (χ3n) is 4.08. The van der Waals surface area contributed by atoms with E-state index in [9.17, 15) is 5.11 Å². The van der Waals surface area contributed by atoms with Gasteiger partial charge in [-0.25, -0.2) is 4.98 Å². The lowest BCUT2D eigenvalue weighted by molar-refractivity contribution is 0.106. The molecule has 0 amide bonds. The van der Waals surface area contributed by atoms with Crippen LogP contribution in [0.3, 0.4) is 0 Å². The molecule has 0 bridgehead atoms. The van der Waals surface area contributed by atoms with Crippen LogP contribution in [-0.4, -0.2) is 32.0 Å². The van der Waals surface area contributed by atoms with Crippen LogP contribution in [0.1, 0.15) is 45.0 Å². The predicted molar refractivity (Wildman–Crippen MR) is 75.3 cm³/mol. The lowest BCUT2D eigenvalue weighted by atomic mass is 10.00. The molecule has 1 atom stereocenters. The Balaban J connectivity index is 2.05. The van der Waals surface area contributed by atoms with Gasteiger partial charge in [0.1, 0.15) is 17.1 Å². The highest BCUT2D eigenvalue weighted by Gasteiger charge is 2.29. The van der Waals surface area contributed by atoms with E-state index in [1.54, 1.807) is 12.3 Å². The molecule has 1 unspecified atom stereocenters. The lowest BCUT2D eigenvalue weighted by Crippen LogP contribution is -2.39. The molecule has 1 aliphatic rings. The molecule has 102 valence electrons. The van der Waals surface area contributed by atoms with Gasteiger partial charge in [0, 0.05) is 12.2 Å². The van der Waals surface area contributed by atoms with Crippen molar-refractivity contribution >= 4 is 5.52 Å². The molecule has 1 fully saturated rings. The van der Waals surface area contributed by atoms with Crippen LogP contribution in [0.5, 0.6) is 5.75 Å². The second kappa shape index (κ2) is 4.85. The SMILES string of the molecule is CC(C)N1CCCCC1c1ncc2c(O)cccn12. The van der Waals surface area contributed by atoms with Crippen molar-refractivity contribution in [2.24, 2.45) is 0 Å². The van der Waals surface area contributed by atoms with E-state index in [0.29, 0.717) is 17.8 Å². The van der Waals surface area contributed by atoms with E-state index in [1.807, 2.05) is 16.7 Å². The fraction of sp³-hybridized carbons (Fsp3) is 0.533. The molecule has 0 saturated carbocycles. The molecule has 3 heterocycles. The molecule has 2 aromatic rings. The first kappa shape index (κ1) is 12.5. The van der Waals surface area contributed by atoms with Crippen molar-refractivity contribution in [1.82, 2.24) is 14.3 Å². The Bertz CT molecular complexity index is 576. The van der Waals surface area contributed by atoms with Gasteiger partial charge in [-0.15, -0.1) is 0 Å². The number of likely N-dealkylation sites (tertiary alicyclic amines) is 1. The van der Waals surface area contributed by atoms with Crippen LogP contribution in [0.25, 0.3) is 5.52 Å². The Labute approximate surface area is 113 Å². The smallest absolute Gasteiger partial charge is 0.141 e. The molecule has 1 aliphatic heterocycles. The third-order valence-corrected chi connectivity index (χ3v) is 4.08. The quantitative estimate of drug-likeness (QED) is 0.901. The monoisotopic (exact) mass is 259 g/mol. The second-order valence-corrected chi connectivity index (χ2v) is 5.61. The van der Waals surface area contributed by atoms with E-state index in [1.165, 1.54) is 12.8 Å². The van der Waals surface area contributed by atoms with Gasteiger partial charge in [0.05, 0.1) is 12.2 Å². The zero-order valence-corrected chi connectivity index (χ0v) is 11.6. The first-order chi connectivity index (χ1) is 9.18. The minimum absolute atomic E-state index is 0.299. The predicted octanol–water partition coefficient (Wildman–Crippen LogP) is 2.98. The molecule has 2 aromatic heterocycles. The zero-order chi connectivity index (χ0) is 13.4. The van der Waals surface area contributed by atoms with Crippen LogP contribution in [0, 0.1) is 0 Å². The van der Waals surface area contributed by atoms with Crippen LogP contribution in [0.4, 0.5) is 0 Å². The normalized spacial score (nSPS) is 21.3. The number of aromatic hydroxyl groups is 1. The van der Waals surface area contributed by atoms with Crippen molar-refractivity contribution in [3.05, 3.63) is 30.4 Å². The van der Waals surface area contributed by atoms with Gasteiger partial charge >= 0.3 is 0 Å². The van der Waals surface area contributed by atoms with Crippen molar-refractivity contribution in [2.45, 2.75) is 45.2 Å². The summed E-state index contributed by atoms with van der Waals surface area (Å²) in [5, 5.41) is 9.88. The molecule has 0 aromatic carbocycles. The number of rotatable bonds is 2. The van der Waals surface area contributed by atoms with Crippen molar-refractivity contribution in [2.75, 3.05) is 6.54 Å².